The van der Waals surface area contributed by atoms with Gasteiger partial charge in [-0.3, -0.25) is 37.3 Å². The number of carbonyl (C=O) groups is 4. The Morgan fingerprint density at radius 1 is 0.310 bits per heavy atom. The minimum atomic E-state index is -4.95. The van der Waals surface area contributed by atoms with Crippen molar-refractivity contribution in [1.82, 2.24) is 0 Å². The molecule has 2 unspecified atom stereocenters. The van der Waals surface area contributed by atoms with Crippen LogP contribution in [0, 0.1) is 5.92 Å². The molecule has 0 bridgehead atoms. The molecule has 0 saturated heterocycles. The number of hydrogen-bond acceptors (Lipinski definition) is 15. The summed E-state index contributed by atoms with van der Waals surface area (Å²) >= 11 is 0. The zero-order chi connectivity index (χ0) is 64.2. The topological polar surface area (TPSA) is 237 Å². The highest BCUT2D eigenvalue weighted by Gasteiger charge is 2.30. The van der Waals surface area contributed by atoms with Gasteiger partial charge in [-0.2, -0.15) is 0 Å². The Balaban J connectivity index is 5.15. The van der Waals surface area contributed by atoms with Crippen LogP contribution in [0.4, 0.5) is 0 Å². The Bertz CT molecular complexity index is 1690. The highest BCUT2D eigenvalue weighted by molar-refractivity contribution is 7.47. The van der Waals surface area contributed by atoms with Gasteiger partial charge in [0, 0.05) is 25.7 Å². The van der Waals surface area contributed by atoms with Gasteiger partial charge in [0.2, 0.25) is 0 Å². The first-order valence-electron chi connectivity index (χ1n) is 35.6. The maximum absolute atomic E-state index is 13.0. The van der Waals surface area contributed by atoms with Crippen LogP contribution in [0.25, 0.3) is 0 Å². The van der Waals surface area contributed by atoms with Gasteiger partial charge in [-0.05, 0) is 31.6 Å². The molecule has 17 nitrogen and oxygen atoms in total. The second-order valence-corrected chi connectivity index (χ2v) is 27.9. The summed E-state index contributed by atoms with van der Waals surface area (Å²) in [7, 11) is -9.88. The lowest BCUT2D eigenvalue weighted by Gasteiger charge is -2.21. The zero-order valence-electron chi connectivity index (χ0n) is 56.2. The van der Waals surface area contributed by atoms with Crippen LogP contribution in [-0.4, -0.2) is 96.7 Å². The molecule has 0 rings (SSSR count). The van der Waals surface area contributed by atoms with Crippen LogP contribution in [0.5, 0.6) is 0 Å². The van der Waals surface area contributed by atoms with E-state index < -0.39 is 97.5 Å². The van der Waals surface area contributed by atoms with E-state index >= 15 is 0 Å². The summed E-state index contributed by atoms with van der Waals surface area (Å²) in [4.78, 5) is 72.1. The van der Waals surface area contributed by atoms with E-state index in [9.17, 15) is 43.2 Å². The molecule has 0 aliphatic rings. The van der Waals surface area contributed by atoms with E-state index in [2.05, 4.69) is 34.6 Å². The highest BCUT2D eigenvalue weighted by Crippen LogP contribution is 2.45. The number of ether oxygens (including phenoxy) is 4. The maximum Gasteiger partial charge on any atom is 0.472 e. The first-order valence-corrected chi connectivity index (χ1v) is 38.6. The van der Waals surface area contributed by atoms with Crippen molar-refractivity contribution < 1.29 is 80.2 Å². The summed E-state index contributed by atoms with van der Waals surface area (Å²) in [6.45, 7) is 7.08. The van der Waals surface area contributed by atoms with Gasteiger partial charge >= 0.3 is 39.5 Å². The fourth-order valence-electron chi connectivity index (χ4n) is 10.3. The van der Waals surface area contributed by atoms with Gasteiger partial charge < -0.3 is 33.8 Å². The molecule has 0 amide bonds. The molecular weight excluding hydrogens is 1150 g/mol. The predicted molar refractivity (Wildman–Crippen MR) is 349 cm³/mol. The van der Waals surface area contributed by atoms with Crippen molar-refractivity contribution in [3.8, 4) is 0 Å². The number of phosphoric acid groups is 2. The average molecular weight is 1280 g/mol. The third kappa shape index (κ3) is 62.6. The zero-order valence-corrected chi connectivity index (χ0v) is 57.9. The lowest BCUT2D eigenvalue weighted by atomic mass is 10.0. The molecular formula is C68H132O17P2. The van der Waals surface area contributed by atoms with E-state index in [4.69, 9.17) is 37.0 Å². The van der Waals surface area contributed by atoms with Gasteiger partial charge in [-0.1, -0.05) is 298 Å². The SMILES string of the molecule is CCCCCCCCCCCCCCCCCCC(=O)OC[C@H](COP(=O)(O)OC[C@@H](O)COP(=O)(O)OC[C@@H](COC(=O)CCCCCCC)OC(=O)CCCCCCCCCC(C)C)OC(=O)CCCCCCCCCCCCCCCCCC. The van der Waals surface area contributed by atoms with Crippen molar-refractivity contribution in [1.29, 1.82) is 0 Å². The quantitative estimate of drug-likeness (QED) is 0.0222. The van der Waals surface area contributed by atoms with Crippen LogP contribution in [0.15, 0.2) is 0 Å². The van der Waals surface area contributed by atoms with E-state index in [1.165, 1.54) is 167 Å². The van der Waals surface area contributed by atoms with Gasteiger partial charge in [0.1, 0.15) is 19.3 Å². The molecule has 0 heterocycles. The number of phosphoric ester groups is 2. The molecule has 0 aliphatic heterocycles. The van der Waals surface area contributed by atoms with Crippen molar-refractivity contribution in [2.24, 2.45) is 5.92 Å². The second-order valence-electron chi connectivity index (χ2n) is 25.0. The van der Waals surface area contributed by atoms with Gasteiger partial charge in [-0.25, -0.2) is 9.13 Å². The Morgan fingerprint density at radius 3 is 0.782 bits per heavy atom. The van der Waals surface area contributed by atoms with Gasteiger partial charge in [0.25, 0.3) is 0 Å². The molecule has 19 heteroatoms. The van der Waals surface area contributed by atoms with Crippen molar-refractivity contribution >= 4 is 39.5 Å². The number of aliphatic hydroxyl groups is 1. The summed E-state index contributed by atoms with van der Waals surface area (Å²) in [5, 5.41) is 10.5. The van der Waals surface area contributed by atoms with Crippen LogP contribution < -0.4 is 0 Å². The smallest absolute Gasteiger partial charge is 0.462 e. The second kappa shape index (κ2) is 61.6. The van der Waals surface area contributed by atoms with Crippen molar-refractivity contribution in [3.05, 3.63) is 0 Å². The molecule has 87 heavy (non-hydrogen) atoms. The van der Waals surface area contributed by atoms with Crippen LogP contribution in [0.3, 0.4) is 0 Å². The molecule has 0 aromatic heterocycles. The van der Waals surface area contributed by atoms with Crippen LogP contribution in [0.1, 0.15) is 349 Å². The molecule has 0 spiro atoms. The molecule has 0 aliphatic carbocycles. The molecule has 5 atom stereocenters. The predicted octanol–water partition coefficient (Wildman–Crippen LogP) is 19.4. The highest BCUT2D eigenvalue weighted by atomic mass is 31.2. The summed E-state index contributed by atoms with van der Waals surface area (Å²) in [5.41, 5.74) is 0. The van der Waals surface area contributed by atoms with E-state index in [0.717, 1.165) is 96.3 Å². The largest absolute Gasteiger partial charge is 0.472 e. The number of unbranched alkanes of at least 4 members (excludes halogenated alkanes) is 40. The van der Waals surface area contributed by atoms with Gasteiger partial charge in [-0.15, -0.1) is 0 Å². The summed E-state index contributed by atoms with van der Waals surface area (Å²) < 4.78 is 68.0. The number of rotatable bonds is 68. The van der Waals surface area contributed by atoms with Gasteiger partial charge in [0.15, 0.2) is 12.2 Å². The van der Waals surface area contributed by atoms with Crippen LogP contribution in [0.2, 0.25) is 0 Å². The number of esters is 4. The molecule has 0 aromatic carbocycles. The fraction of sp³-hybridized carbons (Fsp3) is 0.941. The lowest BCUT2D eigenvalue weighted by molar-refractivity contribution is -0.161. The first kappa shape index (κ1) is 85.1. The van der Waals surface area contributed by atoms with E-state index in [-0.39, 0.29) is 25.7 Å². The standard InChI is InChI=1S/C68H132O17P2/c1-6-9-12-15-17-19-21-23-25-27-29-31-33-37-42-47-52-66(71)79-58-64(85-67(72)53-48-43-38-34-32-30-28-26-24-22-20-18-16-13-10-7-2)60-83-87(76,77)81-56-62(69)55-80-86(74,75)82-59-63(57-78-65(70)51-46-40-14-11-8-3)84-68(73)54-49-44-39-35-36-41-45-50-61(4)5/h61-64,69H,6-60H2,1-5H3,(H,74,75)(H,76,77)/t62-,63+,64+/m0/s1. The number of carbonyl (C=O) groups excluding carboxylic acids is 4. The molecule has 516 valence electrons. The van der Waals surface area contributed by atoms with Gasteiger partial charge in [0.05, 0.1) is 26.4 Å². The minimum Gasteiger partial charge on any atom is -0.462 e. The molecule has 0 saturated carbocycles. The van der Waals surface area contributed by atoms with E-state index in [0.29, 0.717) is 31.6 Å². The maximum atomic E-state index is 13.0. The Hall–Kier alpha value is -1.94. The Kier molecular flexibility index (Phi) is 60.2. The summed E-state index contributed by atoms with van der Waals surface area (Å²) in [6, 6.07) is 0. The molecule has 0 radical (unpaired) electrons. The molecule has 0 fully saturated rings. The van der Waals surface area contributed by atoms with Crippen LogP contribution >= 0.6 is 15.6 Å². The number of aliphatic hydroxyl groups excluding tert-OH is 1. The number of hydrogen-bond donors (Lipinski definition) is 3. The van der Waals surface area contributed by atoms with E-state index in [1.807, 2.05) is 0 Å². The Morgan fingerprint density at radius 2 is 0.529 bits per heavy atom. The van der Waals surface area contributed by atoms with Crippen molar-refractivity contribution in [2.75, 3.05) is 39.6 Å². The fourth-order valence-corrected chi connectivity index (χ4v) is 11.9. The molecule has 3 N–H and O–H groups in total. The van der Waals surface area contributed by atoms with Crippen LogP contribution in [-0.2, 0) is 65.4 Å². The lowest BCUT2D eigenvalue weighted by Crippen LogP contribution is -2.30. The van der Waals surface area contributed by atoms with E-state index in [1.54, 1.807) is 0 Å². The summed E-state index contributed by atoms with van der Waals surface area (Å²) in [6.07, 6.45) is 47.7. The van der Waals surface area contributed by atoms with Crippen molar-refractivity contribution in [3.63, 3.8) is 0 Å². The summed E-state index contributed by atoms with van der Waals surface area (Å²) in [5.74, 6) is -1.44. The van der Waals surface area contributed by atoms with Crippen molar-refractivity contribution in [2.45, 2.75) is 368 Å². The first-order chi connectivity index (χ1) is 42.0. The minimum absolute atomic E-state index is 0.103. The normalized spacial score (nSPS) is 14.1. The third-order valence-electron chi connectivity index (χ3n) is 15.8. The molecule has 0 aromatic rings. The average Bonchev–Trinajstić information content (AvgIpc) is 3.69. The monoisotopic (exact) mass is 1280 g/mol. The Labute approximate surface area is 530 Å². The third-order valence-corrected chi connectivity index (χ3v) is 17.7.